The maximum Gasteiger partial charge on any atom is 0.418 e. The van der Waals surface area contributed by atoms with Crippen LogP contribution < -0.4 is 10.2 Å². The fourth-order valence-electron chi connectivity index (χ4n) is 3.97. The Morgan fingerprint density at radius 3 is 2.68 bits per heavy atom. The predicted octanol–water partition coefficient (Wildman–Crippen LogP) is 4.63. The molecule has 1 saturated heterocycles. The maximum atomic E-state index is 13.9. The first-order valence-electron chi connectivity index (χ1n) is 10.6. The van der Waals surface area contributed by atoms with Crippen molar-refractivity contribution in [2.75, 3.05) is 36.5 Å². The zero-order valence-corrected chi connectivity index (χ0v) is 18.1. The fourth-order valence-corrected chi connectivity index (χ4v) is 3.97. The smallest absolute Gasteiger partial charge is 0.378 e. The van der Waals surface area contributed by atoms with Gasteiger partial charge >= 0.3 is 6.18 Å². The van der Waals surface area contributed by atoms with Crippen LogP contribution in [0.25, 0.3) is 22.4 Å². The number of nitrogens with one attached hydrogen (secondary N) is 2. The average Bonchev–Trinajstić information content (AvgIpc) is 3.45. The van der Waals surface area contributed by atoms with Gasteiger partial charge in [0, 0.05) is 24.3 Å². The number of morpholine rings is 1. The van der Waals surface area contributed by atoms with Gasteiger partial charge in [-0.25, -0.2) is 4.98 Å². The van der Waals surface area contributed by atoms with Gasteiger partial charge in [-0.15, -0.1) is 0 Å². The molecule has 1 aliphatic rings. The lowest BCUT2D eigenvalue weighted by atomic mass is 10.1. The number of benzene rings is 2. The number of H-pyrrole nitrogens is 1. The molecule has 0 spiro atoms. The molecule has 1 aliphatic heterocycles. The lowest BCUT2D eigenvalue weighted by Crippen LogP contribution is -2.37. The minimum atomic E-state index is -4.54. The Kier molecular flexibility index (Phi) is 5.48. The van der Waals surface area contributed by atoms with Crippen LogP contribution >= 0.6 is 0 Å². The van der Waals surface area contributed by atoms with E-state index in [-0.39, 0.29) is 22.6 Å². The fraction of sp³-hybridized carbons (Fsp3) is 0.261. The number of alkyl halides is 3. The van der Waals surface area contributed by atoms with E-state index in [2.05, 4.69) is 20.4 Å². The third kappa shape index (κ3) is 4.10. The minimum absolute atomic E-state index is 0.118. The first-order chi connectivity index (χ1) is 16.3. The number of amides is 1. The number of imidazole rings is 1. The van der Waals surface area contributed by atoms with Gasteiger partial charge in [0.1, 0.15) is 22.7 Å². The molecule has 11 heteroatoms. The van der Waals surface area contributed by atoms with Crippen LogP contribution in [0, 0.1) is 6.92 Å². The Morgan fingerprint density at radius 2 is 1.97 bits per heavy atom. The second kappa shape index (κ2) is 8.49. The Bertz CT molecular complexity index is 1360. The molecule has 3 heterocycles. The van der Waals surface area contributed by atoms with Gasteiger partial charge in [-0.1, -0.05) is 11.2 Å². The van der Waals surface area contributed by atoms with Gasteiger partial charge in [-0.3, -0.25) is 4.79 Å². The van der Waals surface area contributed by atoms with Crippen LogP contribution in [0.15, 0.2) is 47.1 Å². The van der Waals surface area contributed by atoms with E-state index in [4.69, 9.17) is 9.26 Å². The zero-order valence-electron chi connectivity index (χ0n) is 18.1. The molecule has 0 radical (unpaired) electrons. The van der Waals surface area contributed by atoms with Crippen LogP contribution in [0.4, 0.5) is 24.5 Å². The highest BCUT2D eigenvalue weighted by molar-refractivity contribution is 6.08. The molecular weight excluding hydrogens is 451 g/mol. The standard InChI is InChI=1S/C23H20F3N5O3/c1-13-15(12-27-34-13)22(32)29-18-4-2-3-17-20(18)30-21(28-17)14-5-6-19(16(11-14)23(24,25)26)31-7-9-33-10-8-31/h2-6,11-12H,7-10H2,1H3,(H,28,30)(H,29,32). The third-order valence-electron chi connectivity index (χ3n) is 5.68. The van der Waals surface area contributed by atoms with Gasteiger partial charge in [0.25, 0.3) is 5.91 Å². The topological polar surface area (TPSA) is 96.3 Å². The quantitative estimate of drug-likeness (QED) is 0.451. The second-order valence-electron chi connectivity index (χ2n) is 7.87. The highest BCUT2D eigenvalue weighted by Gasteiger charge is 2.36. The number of hydrogen-bond donors (Lipinski definition) is 2. The van der Waals surface area contributed by atoms with Crippen molar-refractivity contribution in [1.29, 1.82) is 0 Å². The number of para-hydroxylation sites is 1. The van der Waals surface area contributed by atoms with E-state index < -0.39 is 17.6 Å². The van der Waals surface area contributed by atoms with E-state index in [0.29, 0.717) is 48.8 Å². The number of aryl methyl sites for hydroxylation is 1. The number of rotatable bonds is 4. The number of halogens is 3. The van der Waals surface area contributed by atoms with Gasteiger partial charge in [0.2, 0.25) is 0 Å². The number of anilines is 2. The zero-order chi connectivity index (χ0) is 23.9. The molecule has 0 unspecified atom stereocenters. The monoisotopic (exact) mass is 471 g/mol. The highest BCUT2D eigenvalue weighted by atomic mass is 19.4. The summed E-state index contributed by atoms with van der Waals surface area (Å²) in [6.07, 6.45) is -3.22. The minimum Gasteiger partial charge on any atom is -0.378 e. The van der Waals surface area contributed by atoms with Crippen molar-refractivity contribution >= 4 is 28.3 Å². The van der Waals surface area contributed by atoms with Crippen molar-refractivity contribution in [1.82, 2.24) is 15.1 Å². The summed E-state index contributed by atoms with van der Waals surface area (Å²) in [6.45, 7) is 3.16. The molecule has 2 aromatic heterocycles. The molecule has 34 heavy (non-hydrogen) atoms. The summed E-state index contributed by atoms with van der Waals surface area (Å²) in [5, 5.41) is 6.36. The Labute approximate surface area is 191 Å². The third-order valence-corrected chi connectivity index (χ3v) is 5.68. The predicted molar refractivity (Wildman–Crippen MR) is 119 cm³/mol. The summed E-state index contributed by atoms with van der Waals surface area (Å²) in [6, 6.07) is 9.28. The number of hydrogen-bond acceptors (Lipinski definition) is 6. The van der Waals surface area contributed by atoms with Gasteiger partial charge in [0.15, 0.2) is 0 Å². The molecule has 8 nitrogen and oxygen atoms in total. The first kappa shape index (κ1) is 22.0. The summed E-state index contributed by atoms with van der Waals surface area (Å²) in [5.41, 5.74) is 1.35. The van der Waals surface area contributed by atoms with Crippen molar-refractivity contribution in [3.05, 3.63) is 59.5 Å². The normalized spacial score (nSPS) is 14.5. The van der Waals surface area contributed by atoms with Crippen molar-refractivity contribution in [3.8, 4) is 11.4 Å². The molecule has 4 aromatic rings. The Hall–Kier alpha value is -3.86. The second-order valence-corrected chi connectivity index (χ2v) is 7.87. The van der Waals surface area contributed by atoms with Crippen molar-refractivity contribution in [2.24, 2.45) is 0 Å². The van der Waals surface area contributed by atoms with Crippen molar-refractivity contribution in [3.63, 3.8) is 0 Å². The molecule has 2 aromatic carbocycles. The SMILES string of the molecule is Cc1oncc1C(=O)Nc1cccc2[nH]c(-c3ccc(N4CCOCC4)c(C(F)(F)F)c3)nc12. The molecule has 0 aliphatic carbocycles. The molecule has 0 saturated carbocycles. The van der Waals surface area contributed by atoms with E-state index in [9.17, 15) is 18.0 Å². The van der Waals surface area contributed by atoms with Crippen LogP contribution in [0.5, 0.6) is 0 Å². The molecule has 2 N–H and O–H groups in total. The summed E-state index contributed by atoms with van der Waals surface area (Å²) < 4.78 is 52.0. The Balaban J connectivity index is 1.51. The van der Waals surface area contributed by atoms with Crippen LogP contribution in [-0.4, -0.2) is 47.3 Å². The first-order valence-corrected chi connectivity index (χ1v) is 10.6. The number of carbonyl (C=O) groups is 1. The summed E-state index contributed by atoms with van der Waals surface area (Å²) >= 11 is 0. The maximum absolute atomic E-state index is 13.9. The number of fused-ring (bicyclic) bond motifs is 1. The van der Waals surface area contributed by atoms with Crippen molar-refractivity contribution in [2.45, 2.75) is 13.1 Å². The molecule has 176 valence electrons. The van der Waals surface area contributed by atoms with E-state index in [1.807, 2.05) is 0 Å². The molecular formula is C23H20F3N5O3. The molecule has 0 atom stereocenters. The molecule has 0 bridgehead atoms. The number of aromatic amines is 1. The van der Waals surface area contributed by atoms with Gasteiger partial charge in [-0.05, 0) is 37.3 Å². The van der Waals surface area contributed by atoms with E-state index in [0.717, 1.165) is 6.07 Å². The lowest BCUT2D eigenvalue weighted by Gasteiger charge is -2.31. The summed E-state index contributed by atoms with van der Waals surface area (Å²) in [4.78, 5) is 21.8. The molecule has 1 amide bonds. The average molecular weight is 471 g/mol. The van der Waals surface area contributed by atoms with Crippen molar-refractivity contribution < 1.29 is 27.2 Å². The van der Waals surface area contributed by atoms with Crippen LogP contribution in [0.1, 0.15) is 21.7 Å². The van der Waals surface area contributed by atoms with Gasteiger partial charge < -0.3 is 24.5 Å². The van der Waals surface area contributed by atoms with Gasteiger partial charge in [-0.2, -0.15) is 13.2 Å². The highest BCUT2D eigenvalue weighted by Crippen LogP contribution is 2.39. The number of ether oxygens (including phenoxy) is 1. The molecule has 1 fully saturated rings. The number of aromatic nitrogens is 3. The lowest BCUT2D eigenvalue weighted by molar-refractivity contribution is -0.137. The number of nitrogens with zero attached hydrogens (tertiary/aromatic N) is 3. The molecule has 5 rings (SSSR count). The number of carbonyl (C=O) groups excluding carboxylic acids is 1. The van der Waals surface area contributed by atoms with E-state index >= 15 is 0 Å². The van der Waals surface area contributed by atoms with Gasteiger partial charge in [0.05, 0.1) is 36.2 Å². The largest absolute Gasteiger partial charge is 0.418 e. The summed E-state index contributed by atoms with van der Waals surface area (Å²) in [7, 11) is 0. The van der Waals surface area contributed by atoms with E-state index in [1.54, 1.807) is 36.1 Å². The van der Waals surface area contributed by atoms with Crippen LogP contribution in [-0.2, 0) is 10.9 Å². The summed E-state index contributed by atoms with van der Waals surface area (Å²) in [5.74, 6) is 0.203. The van der Waals surface area contributed by atoms with Crippen LogP contribution in [0.3, 0.4) is 0 Å². The van der Waals surface area contributed by atoms with E-state index in [1.165, 1.54) is 12.3 Å². The van der Waals surface area contributed by atoms with Crippen LogP contribution in [0.2, 0.25) is 0 Å². The Morgan fingerprint density at radius 1 is 1.18 bits per heavy atom.